The molecule has 0 unspecified atom stereocenters. The molecule has 0 bridgehead atoms. The summed E-state index contributed by atoms with van der Waals surface area (Å²) in [7, 11) is 0. The Morgan fingerprint density at radius 2 is 1.71 bits per heavy atom. The van der Waals surface area contributed by atoms with Crippen LogP contribution in [-0.2, 0) is 14.3 Å². The van der Waals surface area contributed by atoms with Gasteiger partial charge in [0.1, 0.15) is 17.7 Å². The number of hydrogen-bond acceptors (Lipinski definition) is 4. The van der Waals surface area contributed by atoms with E-state index in [1.807, 2.05) is 6.92 Å². The van der Waals surface area contributed by atoms with Gasteiger partial charge in [-0.1, -0.05) is 44.5 Å². The van der Waals surface area contributed by atoms with E-state index in [0.717, 1.165) is 0 Å². The molecule has 0 saturated heterocycles. The Labute approximate surface area is 170 Å². The fourth-order valence-corrected chi connectivity index (χ4v) is 3.39. The molecule has 1 rings (SSSR count). The lowest BCUT2D eigenvalue weighted by molar-refractivity contribution is -0.153. The molecule has 0 aliphatic rings. The van der Waals surface area contributed by atoms with Gasteiger partial charge in [-0.15, -0.1) is 0 Å². The van der Waals surface area contributed by atoms with Crippen LogP contribution in [0.25, 0.3) is 0 Å². The molecule has 0 aliphatic carbocycles. The van der Waals surface area contributed by atoms with Crippen LogP contribution in [0.5, 0.6) is 0 Å². The van der Waals surface area contributed by atoms with Gasteiger partial charge < -0.3 is 14.8 Å². The van der Waals surface area contributed by atoms with E-state index in [9.17, 15) is 9.59 Å². The van der Waals surface area contributed by atoms with E-state index in [1.165, 1.54) is 16.7 Å². The third-order valence-corrected chi connectivity index (χ3v) is 4.66. The fourth-order valence-electron chi connectivity index (χ4n) is 3.39. The van der Waals surface area contributed by atoms with Gasteiger partial charge in [0.05, 0.1) is 0 Å². The first-order chi connectivity index (χ1) is 12.9. The van der Waals surface area contributed by atoms with Crippen molar-refractivity contribution in [2.24, 2.45) is 5.92 Å². The molecule has 1 aromatic rings. The third-order valence-electron chi connectivity index (χ3n) is 4.66. The molecule has 0 radical (unpaired) electrons. The number of esters is 1. The summed E-state index contributed by atoms with van der Waals surface area (Å²) in [5.74, 6) is -0.0651. The van der Waals surface area contributed by atoms with E-state index in [-0.39, 0.29) is 12.0 Å². The van der Waals surface area contributed by atoms with Crippen molar-refractivity contribution in [3.63, 3.8) is 0 Å². The molecule has 28 heavy (non-hydrogen) atoms. The second kappa shape index (κ2) is 9.94. The molecule has 5 heteroatoms. The molecule has 0 fully saturated rings. The summed E-state index contributed by atoms with van der Waals surface area (Å²) in [4.78, 5) is 24.5. The van der Waals surface area contributed by atoms with Gasteiger partial charge in [0.25, 0.3) is 0 Å². The molecule has 0 saturated carbocycles. The van der Waals surface area contributed by atoms with Crippen LogP contribution in [0.2, 0.25) is 0 Å². The number of nitrogens with one attached hydrogen (secondary N) is 1. The lowest BCUT2D eigenvalue weighted by Crippen LogP contribution is -2.44. The van der Waals surface area contributed by atoms with E-state index < -0.39 is 23.7 Å². The second-order valence-corrected chi connectivity index (χ2v) is 8.88. The number of aryl methyl sites for hydroxylation is 2. The zero-order valence-corrected chi connectivity index (χ0v) is 18.9. The number of amides is 1. The second-order valence-electron chi connectivity index (χ2n) is 8.88. The Kier molecular flexibility index (Phi) is 8.52. The zero-order valence-electron chi connectivity index (χ0n) is 18.9. The average Bonchev–Trinajstić information content (AvgIpc) is 2.53. The van der Waals surface area contributed by atoms with Crippen LogP contribution in [0.15, 0.2) is 18.2 Å². The zero-order chi connectivity index (χ0) is 21.6. The highest BCUT2D eigenvalue weighted by Crippen LogP contribution is 2.34. The summed E-state index contributed by atoms with van der Waals surface area (Å²) in [5, 5.41) is 2.56. The van der Waals surface area contributed by atoms with Crippen molar-refractivity contribution in [2.75, 3.05) is 0 Å². The van der Waals surface area contributed by atoms with Crippen LogP contribution in [0.1, 0.15) is 77.5 Å². The van der Waals surface area contributed by atoms with Crippen molar-refractivity contribution in [1.82, 2.24) is 5.32 Å². The highest BCUT2D eigenvalue weighted by molar-refractivity contribution is 5.81. The fraction of sp³-hybridized carbons (Fsp3) is 0.652. The number of carbonyl (C=O) groups is 2. The van der Waals surface area contributed by atoms with Gasteiger partial charge in [-0.05, 0) is 65.0 Å². The summed E-state index contributed by atoms with van der Waals surface area (Å²) < 4.78 is 11.1. The summed E-state index contributed by atoms with van der Waals surface area (Å²) >= 11 is 0. The molecule has 1 N–H and O–H groups in total. The van der Waals surface area contributed by atoms with Gasteiger partial charge in [0.2, 0.25) is 0 Å². The van der Waals surface area contributed by atoms with Crippen LogP contribution in [-0.4, -0.2) is 29.8 Å². The maximum Gasteiger partial charge on any atom is 0.408 e. The molecule has 158 valence electrons. The summed E-state index contributed by atoms with van der Waals surface area (Å²) in [6.45, 7) is 17.4. The minimum Gasteiger partial charge on any atom is -0.460 e. The molecule has 0 aliphatic heterocycles. The Morgan fingerprint density at radius 1 is 1.11 bits per heavy atom. The summed E-state index contributed by atoms with van der Waals surface area (Å²) in [5.41, 5.74) is 3.00. The number of hydrogen-bond donors (Lipinski definition) is 1. The SMILES string of the molecule is CC[C@H](OC(=O)[C@H](C)NC(=O)OC(C)(C)C)[C@H](c1ccc(C)cc1C)C(C)C. The van der Waals surface area contributed by atoms with Crippen molar-refractivity contribution >= 4 is 12.1 Å². The first kappa shape index (κ1) is 24.0. The maximum atomic E-state index is 12.6. The Hall–Kier alpha value is -2.04. The van der Waals surface area contributed by atoms with E-state index in [1.54, 1.807) is 27.7 Å². The Bertz CT molecular complexity index is 676. The number of alkyl carbamates (subject to hydrolysis) is 1. The Balaban J connectivity index is 2.92. The van der Waals surface area contributed by atoms with Crippen LogP contribution in [0.4, 0.5) is 4.79 Å². The first-order valence-electron chi connectivity index (χ1n) is 10.1. The number of rotatable bonds is 7. The molecule has 1 amide bonds. The number of ether oxygens (including phenoxy) is 2. The van der Waals surface area contributed by atoms with Gasteiger partial charge >= 0.3 is 12.1 Å². The molecule has 0 aromatic heterocycles. The van der Waals surface area contributed by atoms with Crippen LogP contribution < -0.4 is 5.32 Å². The van der Waals surface area contributed by atoms with Crippen molar-refractivity contribution in [1.29, 1.82) is 0 Å². The van der Waals surface area contributed by atoms with E-state index in [4.69, 9.17) is 9.47 Å². The van der Waals surface area contributed by atoms with Gasteiger partial charge in [-0.2, -0.15) is 0 Å². The van der Waals surface area contributed by atoms with Crippen molar-refractivity contribution in [3.05, 3.63) is 34.9 Å². The van der Waals surface area contributed by atoms with Crippen LogP contribution in [0, 0.1) is 19.8 Å². The lowest BCUT2D eigenvalue weighted by atomic mass is 9.80. The maximum absolute atomic E-state index is 12.6. The van der Waals surface area contributed by atoms with Crippen molar-refractivity contribution in [3.8, 4) is 0 Å². The first-order valence-corrected chi connectivity index (χ1v) is 10.1. The number of carbonyl (C=O) groups excluding carboxylic acids is 2. The minimum absolute atomic E-state index is 0.0864. The molecule has 1 aromatic carbocycles. The standard InChI is InChI=1S/C23H37NO4/c1-10-19(20(14(2)3)18-12-11-15(4)13-16(18)5)27-21(25)17(6)24-22(26)28-23(7,8)9/h11-14,17,19-20H,10H2,1-9H3,(H,24,26)/t17-,19-,20-/m0/s1. The molecule has 0 spiro atoms. The van der Waals surface area contributed by atoms with Crippen LogP contribution in [0.3, 0.4) is 0 Å². The quantitative estimate of drug-likeness (QED) is 0.642. The summed E-state index contributed by atoms with van der Waals surface area (Å²) in [6, 6.07) is 5.61. The predicted molar refractivity (Wildman–Crippen MR) is 112 cm³/mol. The van der Waals surface area contributed by atoms with Crippen molar-refractivity contribution in [2.45, 2.75) is 92.4 Å². The molecular formula is C23H37NO4. The average molecular weight is 392 g/mol. The topological polar surface area (TPSA) is 64.6 Å². The molecular weight excluding hydrogens is 354 g/mol. The summed E-state index contributed by atoms with van der Waals surface area (Å²) in [6.07, 6.45) is -0.197. The predicted octanol–water partition coefficient (Wildman–Crippen LogP) is 5.28. The van der Waals surface area contributed by atoms with E-state index >= 15 is 0 Å². The molecule has 3 atom stereocenters. The highest BCUT2D eigenvalue weighted by atomic mass is 16.6. The van der Waals surface area contributed by atoms with Crippen LogP contribution >= 0.6 is 0 Å². The number of benzene rings is 1. The van der Waals surface area contributed by atoms with Gasteiger partial charge in [0, 0.05) is 5.92 Å². The minimum atomic E-state index is -0.782. The monoisotopic (exact) mass is 391 g/mol. The smallest absolute Gasteiger partial charge is 0.408 e. The Morgan fingerprint density at radius 3 is 2.18 bits per heavy atom. The normalized spacial score (nSPS) is 14.9. The van der Waals surface area contributed by atoms with E-state index in [0.29, 0.717) is 12.3 Å². The third kappa shape index (κ3) is 7.17. The van der Waals surface area contributed by atoms with Gasteiger partial charge in [0.15, 0.2) is 0 Å². The van der Waals surface area contributed by atoms with Gasteiger partial charge in [-0.3, -0.25) is 0 Å². The van der Waals surface area contributed by atoms with Gasteiger partial charge in [-0.25, -0.2) is 9.59 Å². The molecule has 0 heterocycles. The highest BCUT2D eigenvalue weighted by Gasteiger charge is 2.31. The largest absolute Gasteiger partial charge is 0.460 e. The molecule has 5 nitrogen and oxygen atoms in total. The lowest BCUT2D eigenvalue weighted by Gasteiger charge is -2.32. The van der Waals surface area contributed by atoms with Crippen molar-refractivity contribution < 1.29 is 19.1 Å². The van der Waals surface area contributed by atoms with E-state index in [2.05, 4.69) is 51.2 Å².